The number of aromatic nitrogens is 1. The molecule has 1 heterocycles. The number of pyridine rings is 1. The van der Waals surface area contributed by atoms with Gasteiger partial charge in [-0.3, -0.25) is 0 Å². The van der Waals surface area contributed by atoms with E-state index < -0.39 is 0 Å². The first-order chi connectivity index (χ1) is 7.31. The van der Waals surface area contributed by atoms with Gasteiger partial charge in [0.2, 0.25) is 5.88 Å². The van der Waals surface area contributed by atoms with E-state index in [1.165, 1.54) is 19.2 Å². The van der Waals surface area contributed by atoms with Gasteiger partial charge in [-0.05, 0) is 24.3 Å². The lowest BCUT2D eigenvalue weighted by molar-refractivity contribution is 0.398. The van der Waals surface area contributed by atoms with Gasteiger partial charge in [0.15, 0.2) is 0 Å². The van der Waals surface area contributed by atoms with Crippen molar-refractivity contribution in [2.75, 3.05) is 7.11 Å². The first-order valence-corrected chi connectivity index (χ1v) is 4.48. The van der Waals surface area contributed by atoms with E-state index in [0.717, 1.165) is 0 Å². The number of hydrogen-bond donors (Lipinski definition) is 0. The van der Waals surface area contributed by atoms with Crippen molar-refractivity contribution in [2.24, 2.45) is 0 Å². The van der Waals surface area contributed by atoms with E-state index in [-0.39, 0.29) is 5.82 Å². The van der Waals surface area contributed by atoms with Gasteiger partial charge in [0.25, 0.3) is 0 Å². The van der Waals surface area contributed by atoms with Crippen molar-refractivity contribution in [1.82, 2.24) is 4.98 Å². The summed E-state index contributed by atoms with van der Waals surface area (Å²) in [5.41, 5.74) is 0.972. The fraction of sp³-hybridized carbons (Fsp3) is 0.0833. The maximum atomic E-state index is 13.4. The molecule has 0 aliphatic heterocycles. The van der Waals surface area contributed by atoms with Crippen molar-refractivity contribution in [2.45, 2.75) is 0 Å². The number of nitrogens with zero attached hydrogens (tertiary/aromatic N) is 1. The van der Waals surface area contributed by atoms with Gasteiger partial charge >= 0.3 is 0 Å². The molecule has 2 rings (SSSR count). The Morgan fingerprint density at radius 3 is 2.93 bits per heavy atom. The Labute approximate surface area is 87.4 Å². The van der Waals surface area contributed by atoms with Gasteiger partial charge in [-0.1, -0.05) is 12.1 Å². The van der Waals surface area contributed by atoms with Crippen molar-refractivity contribution in [1.29, 1.82) is 0 Å². The smallest absolute Gasteiger partial charge is 0.213 e. The Balaban J connectivity index is 2.49. The third-order valence-corrected chi connectivity index (χ3v) is 2.02. The van der Waals surface area contributed by atoms with Gasteiger partial charge in [-0.25, -0.2) is 9.37 Å². The van der Waals surface area contributed by atoms with Crippen LogP contribution < -0.4 is 4.74 Å². The average Bonchev–Trinajstić information content (AvgIpc) is 2.30. The molecule has 3 heteroatoms. The maximum Gasteiger partial charge on any atom is 0.213 e. The van der Waals surface area contributed by atoms with E-state index in [1.54, 1.807) is 24.3 Å². The summed E-state index contributed by atoms with van der Waals surface area (Å²) in [4.78, 5) is 4.14. The van der Waals surface area contributed by atoms with E-state index in [4.69, 9.17) is 4.74 Å². The van der Waals surface area contributed by atoms with Crippen molar-refractivity contribution >= 4 is 0 Å². The molecule has 1 aromatic heterocycles. The minimum Gasteiger partial charge on any atom is -0.481 e. The Hall–Kier alpha value is -1.90. The lowest BCUT2D eigenvalue weighted by atomic mass is 10.1. The Morgan fingerprint density at radius 1 is 1.33 bits per heavy atom. The lowest BCUT2D eigenvalue weighted by Gasteiger charge is -2.03. The zero-order chi connectivity index (χ0) is 10.7. The lowest BCUT2D eigenvalue weighted by Crippen LogP contribution is -1.91. The Bertz CT molecular complexity index is 471. The van der Waals surface area contributed by atoms with Crippen LogP contribution in [0.25, 0.3) is 11.3 Å². The molecule has 0 fully saturated rings. The second kappa shape index (κ2) is 4.09. The molecular weight excluding hydrogens is 193 g/mol. The predicted molar refractivity (Wildman–Crippen MR) is 55.0 cm³/mol. The normalized spacial score (nSPS) is 10.0. The molecule has 0 unspecified atom stereocenters. The zero-order valence-corrected chi connectivity index (χ0v) is 8.20. The second-order valence-electron chi connectivity index (χ2n) is 2.97. The minimum absolute atomic E-state index is 0.311. The van der Waals surface area contributed by atoms with Crippen LogP contribution in [0.2, 0.25) is 0 Å². The van der Waals surface area contributed by atoms with Crippen molar-refractivity contribution < 1.29 is 9.13 Å². The van der Waals surface area contributed by atoms with Crippen LogP contribution in [0.15, 0.2) is 36.4 Å². The summed E-state index contributed by atoms with van der Waals surface area (Å²) < 4.78 is 18.4. The van der Waals surface area contributed by atoms with Gasteiger partial charge in [0.05, 0.1) is 12.8 Å². The number of benzene rings is 1. The summed E-state index contributed by atoms with van der Waals surface area (Å²) in [5.74, 6) is 0.158. The number of rotatable bonds is 2. The highest BCUT2D eigenvalue weighted by molar-refractivity contribution is 5.59. The highest BCUT2D eigenvalue weighted by atomic mass is 19.1. The van der Waals surface area contributed by atoms with Gasteiger partial charge < -0.3 is 4.74 Å². The zero-order valence-electron chi connectivity index (χ0n) is 8.20. The number of halogens is 1. The monoisotopic (exact) mass is 202 g/mol. The molecule has 1 radical (unpaired) electrons. The average molecular weight is 202 g/mol. The van der Waals surface area contributed by atoms with E-state index in [2.05, 4.69) is 11.1 Å². The largest absolute Gasteiger partial charge is 0.481 e. The molecule has 2 aromatic rings. The van der Waals surface area contributed by atoms with E-state index in [1.807, 2.05) is 0 Å². The molecule has 15 heavy (non-hydrogen) atoms. The van der Waals surface area contributed by atoms with Crippen LogP contribution in [-0.2, 0) is 0 Å². The van der Waals surface area contributed by atoms with Crippen LogP contribution in [0.5, 0.6) is 5.88 Å². The highest BCUT2D eigenvalue weighted by Gasteiger charge is 2.05. The van der Waals surface area contributed by atoms with Crippen molar-refractivity contribution in [3.63, 3.8) is 0 Å². The summed E-state index contributed by atoms with van der Waals surface area (Å²) >= 11 is 0. The van der Waals surface area contributed by atoms with E-state index in [0.29, 0.717) is 17.1 Å². The van der Waals surface area contributed by atoms with Crippen LogP contribution >= 0.6 is 0 Å². The predicted octanol–water partition coefficient (Wildman–Crippen LogP) is 2.70. The maximum absolute atomic E-state index is 13.4. The van der Waals surface area contributed by atoms with Crippen LogP contribution in [0, 0.1) is 11.9 Å². The first kappa shape index (κ1) is 9.65. The van der Waals surface area contributed by atoms with Crippen molar-refractivity contribution in [3.8, 4) is 17.1 Å². The van der Waals surface area contributed by atoms with Crippen molar-refractivity contribution in [3.05, 3.63) is 48.3 Å². The molecule has 75 valence electrons. The summed E-state index contributed by atoms with van der Waals surface area (Å²) in [6.45, 7) is 0. The third kappa shape index (κ3) is 1.96. The van der Waals surface area contributed by atoms with Crippen LogP contribution in [0.1, 0.15) is 0 Å². The number of ether oxygens (including phenoxy) is 1. The van der Waals surface area contributed by atoms with Gasteiger partial charge in [0, 0.05) is 11.6 Å². The fourth-order valence-electron chi connectivity index (χ4n) is 1.29. The molecule has 0 N–H and O–H groups in total. The topological polar surface area (TPSA) is 22.1 Å². The highest BCUT2D eigenvalue weighted by Crippen LogP contribution is 2.21. The van der Waals surface area contributed by atoms with Crippen LogP contribution in [-0.4, -0.2) is 12.1 Å². The summed E-state index contributed by atoms with van der Waals surface area (Å²) in [7, 11) is 1.53. The minimum atomic E-state index is -0.311. The van der Waals surface area contributed by atoms with E-state index >= 15 is 0 Å². The first-order valence-electron chi connectivity index (χ1n) is 4.48. The molecule has 0 saturated heterocycles. The SMILES string of the molecule is COc1cccc(-c2c[c]ccc2F)n1. The molecule has 0 aliphatic carbocycles. The molecule has 0 spiro atoms. The second-order valence-corrected chi connectivity index (χ2v) is 2.97. The van der Waals surface area contributed by atoms with Gasteiger partial charge in [0.1, 0.15) is 5.82 Å². The summed E-state index contributed by atoms with van der Waals surface area (Å²) in [6.07, 6.45) is 0. The summed E-state index contributed by atoms with van der Waals surface area (Å²) in [5, 5.41) is 0. The van der Waals surface area contributed by atoms with Crippen LogP contribution in [0.4, 0.5) is 4.39 Å². The van der Waals surface area contributed by atoms with Crippen LogP contribution in [0.3, 0.4) is 0 Å². The standard InChI is InChI=1S/C12H9FNO/c1-15-12-8-4-7-11(14-12)9-5-2-3-6-10(9)13/h3-8H,1H3. The molecule has 2 nitrogen and oxygen atoms in total. The molecule has 0 atom stereocenters. The number of methoxy groups -OCH3 is 1. The molecule has 0 amide bonds. The molecule has 0 saturated carbocycles. The number of hydrogen-bond acceptors (Lipinski definition) is 2. The van der Waals surface area contributed by atoms with E-state index in [9.17, 15) is 4.39 Å². The Kier molecular flexibility index (Phi) is 2.63. The Morgan fingerprint density at radius 2 is 2.20 bits per heavy atom. The quantitative estimate of drug-likeness (QED) is 0.747. The third-order valence-electron chi connectivity index (χ3n) is 2.02. The molecular formula is C12H9FNO. The molecule has 0 bridgehead atoms. The fourth-order valence-corrected chi connectivity index (χ4v) is 1.29. The summed E-state index contributed by atoms with van der Waals surface area (Å²) in [6, 6.07) is 12.5. The molecule has 1 aromatic carbocycles. The van der Waals surface area contributed by atoms with Gasteiger partial charge in [-0.15, -0.1) is 0 Å². The van der Waals surface area contributed by atoms with Gasteiger partial charge in [-0.2, -0.15) is 0 Å². The molecule has 0 aliphatic rings.